The van der Waals surface area contributed by atoms with Crippen LogP contribution in [0.4, 0.5) is 0 Å². The Morgan fingerprint density at radius 3 is 2.39 bits per heavy atom. The minimum Gasteiger partial charge on any atom is -0.496 e. The molecule has 2 aromatic carbocycles. The molecule has 3 aromatic rings. The van der Waals surface area contributed by atoms with Gasteiger partial charge in [0, 0.05) is 5.56 Å². The molecular weight excluding hydrogens is 288 g/mol. The lowest BCUT2D eigenvalue weighted by molar-refractivity contribution is 0.418. The van der Waals surface area contributed by atoms with E-state index in [4.69, 9.17) is 9.15 Å². The topological polar surface area (TPSA) is 39.4 Å². The molecule has 0 aliphatic heterocycles. The van der Waals surface area contributed by atoms with Crippen molar-refractivity contribution in [1.82, 2.24) is 0 Å². The zero-order valence-corrected chi connectivity index (χ0v) is 14.1. The zero-order valence-electron chi connectivity index (χ0n) is 14.1. The fourth-order valence-corrected chi connectivity index (χ4v) is 2.92. The fourth-order valence-electron chi connectivity index (χ4n) is 2.92. The lowest BCUT2D eigenvalue weighted by Gasteiger charge is -2.13. The van der Waals surface area contributed by atoms with E-state index in [1.807, 2.05) is 19.1 Å². The Bertz CT molecular complexity index is 965. The van der Waals surface area contributed by atoms with Crippen LogP contribution in [-0.2, 0) is 0 Å². The Hall–Kier alpha value is -2.55. The number of benzene rings is 2. The van der Waals surface area contributed by atoms with Gasteiger partial charge >= 0.3 is 5.63 Å². The predicted octanol–water partition coefficient (Wildman–Crippen LogP) is 4.70. The maximum absolute atomic E-state index is 12.0. The van der Waals surface area contributed by atoms with Gasteiger partial charge in [-0.1, -0.05) is 23.8 Å². The van der Waals surface area contributed by atoms with Gasteiger partial charge in [0.25, 0.3) is 0 Å². The number of rotatable bonds is 2. The molecule has 0 aliphatic carbocycles. The van der Waals surface area contributed by atoms with Gasteiger partial charge in [0.15, 0.2) is 0 Å². The molecule has 3 rings (SSSR count). The average Bonchev–Trinajstić information content (AvgIpc) is 2.53. The van der Waals surface area contributed by atoms with Crippen LogP contribution in [0.15, 0.2) is 39.5 Å². The number of aryl methyl sites for hydroxylation is 3. The molecule has 0 fully saturated rings. The molecule has 1 heterocycles. The average molecular weight is 308 g/mol. The summed E-state index contributed by atoms with van der Waals surface area (Å²) >= 11 is 0. The summed E-state index contributed by atoms with van der Waals surface area (Å²) in [4.78, 5) is 12.0. The fraction of sp³-hybridized carbons (Fsp3) is 0.250. The van der Waals surface area contributed by atoms with E-state index in [0.717, 1.165) is 27.8 Å². The van der Waals surface area contributed by atoms with Crippen molar-refractivity contribution >= 4 is 11.0 Å². The number of fused-ring (bicyclic) bond motifs is 1. The Balaban J connectivity index is 2.39. The van der Waals surface area contributed by atoms with Crippen LogP contribution in [0.25, 0.3) is 22.1 Å². The van der Waals surface area contributed by atoms with E-state index in [9.17, 15) is 4.79 Å². The second-order valence-electron chi connectivity index (χ2n) is 6.01. The van der Waals surface area contributed by atoms with Crippen molar-refractivity contribution in [2.24, 2.45) is 0 Å². The summed E-state index contributed by atoms with van der Waals surface area (Å²) < 4.78 is 11.1. The maximum Gasteiger partial charge on any atom is 0.339 e. The van der Waals surface area contributed by atoms with Gasteiger partial charge in [-0.2, -0.15) is 0 Å². The normalized spacial score (nSPS) is 11.0. The van der Waals surface area contributed by atoms with Crippen molar-refractivity contribution in [1.29, 1.82) is 0 Å². The summed E-state index contributed by atoms with van der Waals surface area (Å²) in [6.45, 7) is 7.84. The largest absolute Gasteiger partial charge is 0.496 e. The van der Waals surface area contributed by atoms with Crippen molar-refractivity contribution < 1.29 is 9.15 Å². The molecule has 0 aliphatic rings. The predicted molar refractivity (Wildman–Crippen MR) is 93.4 cm³/mol. The monoisotopic (exact) mass is 308 g/mol. The molecule has 1 aromatic heterocycles. The molecule has 0 unspecified atom stereocenters. The second kappa shape index (κ2) is 5.58. The SMILES string of the molecule is COc1cc(-c2cc(C)ccc2C)cc2oc(=O)c(C)c(C)c12. The summed E-state index contributed by atoms with van der Waals surface area (Å²) in [6, 6.07) is 10.3. The van der Waals surface area contributed by atoms with Crippen LogP contribution in [-0.4, -0.2) is 7.11 Å². The highest BCUT2D eigenvalue weighted by molar-refractivity contribution is 5.92. The van der Waals surface area contributed by atoms with E-state index < -0.39 is 0 Å². The van der Waals surface area contributed by atoms with Crippen LogP contribution in [0.1, 0.15) is 22.3 Å². The van der Waals surface area contributed by atoms with Crippen molar-refractivity contribution in [3.63, 3.8) is 0 Å². The van der Waals surface area contributed by atoms with E-state index in [2.05, 4.69) is 32.0 Å². The van der Waals surface area contributed by atoms with Crippen molar-refractivity contribution in [2.45, 2.75) is 27.7 Å². The Kier molecular flexibility index (Phi) is 3.72. The van der Waals surface area contributed by atoms with Crippen molar-refractivity contribution in [3.05, 3.63) is 63.0 Å². The third kappa shape index (κ3) is 2.52. The van der Waals surface area contributed by atoms with Gasteiger partial charge in [-0.15, -0.1) is 0 Å². The molecule has 0 bridgehead atoms. The van der Waals surface area contributed by atoms with Gasteiger partial charge in [0.1, 0.15) is 11.3 Å². The highest BCUT2D eigenvalue weighted by atomic mass is 16.5. The van der Waals surface area contributed by atoms with E-state index in [1.165, 1.54) is 11.1 Å². The van der Waals surface area contributed by atoms with Crippen LogP contribution < -0.4 is 10.4 Å². The number of hydrogen-bond acceptors (Lipinski definition) is 3. The van der Waals surface area contributed by atoms with Crippen molar-refractivity contribution in [3.8, 4) is 16.9 Å². The van der Waals surface area contributed by atoms with Gasteiger partial charge in [-0.05, 0) is 62.1 Å². The molecule has 3 nitrogen and oxygen atoms in total. The molecule has 0 atom stereocenters. The Morgan fingerprint density at radius 1 is 0.957 bits per heavy atom. The quantitative estimate of drug-likeness (QED) is 0.644. The summed E-state index contributed by atoms with van der Waals surface area (Å²) in [5.41, 5.74) is 6.25. The van der Waals surface area contributed by atoms with Gasteiger partial charge in [-0.25, -0.2) is 4.79 Å². The third-order valence-corrected chi connectivity index (χ3v) is 4.44. The number of ether oxygens (including phenoxy) is 1. The zero-order chi connectivity index (χ0) is 16.7. The second-order valence-corrected chi connectivity index (χ2v) is 6.01. The Labute approximate surface area is 135 Å². The summed E-state index contributed by atoms with van der Waals surface area (Å²) in [7, 11) is 1.64. The standard InChI is InChI=1S/C20H20O3/c1-11-6-7-12(2)16(8-11)15-9-17(22-5)19-13(3)14(4)20(21)23-18(19)10-15/h6-10H,1-5H3. The molecule has 0 radical (unpaired) electrons. The third-order valence-electron chi connectivity index (χ3n) is 4.44. The molecule has 23 heavy (non-hydrogen) atoms. The molecule has 0 amide bonds. The molecule has 3 heteroatoms. The van der Waals surface area contributed by atoms with Gasteiger partial charge in [0.2, 0.25) is 0 Å². The van der Waals surface area contributed by atoms with E-state index in [1.54, 1.807) is 14.0 Å². The summed E-state index contributed by atoms with van der Waals surface area (Å²) in [6.07, 6.45) is 0. The van der Waals surface area contributed by atoms with Gasteiger partial charge in [-0.3, -0.25) is 0 Å². The van der Waals surface area contributed by atoms with E-state index >= 15 is 0 Å². The minimum atomic E-state index is -0.296. The maximum atomic E-state index is 12.0. The summed E-state index contributed by atoms with van der Waals surface area (Å²) in [5, 5.41) is 0.860. The molecular formula is C20H20O3. The highest BCUT2D eigenvalue weighted by Crippen LogP contribution is 2.35. The lowest BCUT2D eigenvalue weighted by Crippen LogP contribution is -2.06. The molecule has 0 spiro atoms. The molecule has 0 saturated carbocycles. The molecule has 0 N–H and O–H groups in total. The Morgan fingerprint density at radius 2 is 1.70 bits per heavy atom. The first kappa shape index (κ1) is 15.3. The van der Waals surface area contributed by atoms with Crippen molar-refractivity contribution in [2.75, 3.05) is 7.11 Å². The van der Waals surface area contributed by atoms with Crippen LogP contribution in [0, 0.1) is 27.7 Å². The van der Waals surface area contributed by atoms with Gasteiger partial charge in [0.05, 0.1) is 12.5 Å². The first-order valence-electron chi connectivity index (χ1n) is 7.62. The minimum absolute atomic E-state index is 0.296. The van der Waals surface area contributed by atoms with Crippen LogP contribution in [0.3, 0.4) is 0 Å². The smallest absolute Gasteiger partial charge is 0.339 e. The lowest BCUT2D eigenvalue weighted by atomic mass is 9.96. The van der Waals surface area contributed by atoms with Crippen LogP contribution in [0.2, 0.25) is 0 Å². The first-order chi connectivity index (χ1) is 10.9. The van der Waals surface area contributed by atoms with E-state index in [0.29, 0.717) is 11.1 Å². The number of methoxy groups -OCH3 is 1. The van der Waals surface area contributed by atoms with Crippen LogP contribution in [0.5, 0.6) is 5.75 Å². The first-order valence-corrected chi connectivity index (χ1v) is 7.62. The number of hydrogen-bond donors (Lipinski definition) is 0. The van der Waals surface area contributed by atoms with E-state index in [-0.39, 0.29) is 5.63 Å². The highest BCUT2D eigenvalue weighted by Gasteiger charge is 2.15. The van der Waals surface area contributed by atoms with Crippen LogP contribution >= 0.6 is 0 Å². The summed E-state index contributed by atoms with van der Waals surface area (Å²) in [5.74, 6) is 0.725. The molecule has 0 saturated heterocycles. The van der Waals surface area contributed by atoms with Gasteiger partial charge < -0.3 is 9.15 Å². The molecule has 118 valence electrons.